The maximum Gasteiger partial charge on any atom is 0.317 e. The molecule has 0 N–H and O–H groups in total. The molecule has 3 atom stereocenters. The maximum absolute atomic E-state index is 11.8. The van der Waals surface area contributed by atoms with Gasteiger partial charge >= 0.3 is 11.9 Å². The lowest BCUT2D eigenvalue weighted by atomic mass is 9.79. The van der Waals surface area contributed by atoms with Gasteiger partial charge in [-0.3, -0.25) is 9.59 Å². The average Bonchev–Trinajstić information content (AvgIpc) is 2.79. The summed E-state index contributed by atoms with van der Waals surface area (Å²) in [5.41, 5.74) is 0. The zero-order valence-electron chi connectivity index (χ0n) is 15.4. The predicted octanol–water partition coefficient (Wildman–Crippen LogP) is 5.66. The maximum atomic E-state index is 11.8. The summed E-state index contributed by atoms with van der Waals surface area (Å²) in [5.74, 6) is -0.775. The van der Waals surface area contributed by atoms with Crippen molar-refractivity contribution in [1.29, 1.82) is 0 Å². The summed E-state index contributed by atoms with van der Waals surface area (Å²) in [6, 6.07) is 0. The third kappa shape index (κ3) is 7.05. The van der Waals surface area contributed by atoms with Crippen molar-refractivity contribution >= 4 is 11.9 Å². The van der Waals surface area contributed by atoms with Crippen LogP contribution in [0.5, 0.6) is 0 Å². The second kappa shape index (κ2) is 11.6. The fourth-order valence-electron chi connectivity index (χ4n) is 3.74. The largest absolute Gasteiger partial charge is 0.393 e. The number of ether oxygens (including phenoxy) is 1. The molecule has 3 heteroatoms. The highest BCUT2D eigenvalue weighted by molar-refractivity contribution is 5.96. The molecule has 0 spiro atoms. The monoisotopic (exact) mass is 324 g/mol. The Morgan fingerprint density at radius 2 is 1.35 bits per heavy atom. The first kappa shape index (κ1) is 20.2. The van der Waals surface area contributed by atoms with E-state index in [2.05, 4.69) is 13.8 Å². The van der Waals surface area contributed by atoms with E-state index < -0.39 is 0 Å². The van der Waals surface area contributed by atoms with Gasteiger partial charge in [-0.25, -0.2) is 0 Å². The normalized spacial score (nSPS) is 22.4. The standard InChI is InChI=1S/C20H36O3/c1-4-6-7-8-9-10-11-12-13-14-15-17(5-2)18-16(3)19(21)23-20(18)22/h16-18H,4-15H2,1-3H3. The Morgan fingerprint density at radius 3 is 1.78 bits per heavy atom. The van der Waals surface area contributed by atoms with Crippen molar-refractivity contribution in [3.63, 3.8) is 0 Å². The molecule has 23 heavy (non-hydrogen) atoms. The molecule has 0 aromatic carbocycles. The van der Waals surface area contributed by atoms with Gasteiger partial charge in [0.2, 0.25) is 0 Å². The molecular formula is C20H36O3. The van der Waals surface area contributed by atoms with Crippen molar-refractivity contribution in [2.75, 3.05) is 0 Å². The lowest BCUT2D eigenvalue weighted by Crippen LogP contribution is -2.24. The molecule has 134 valence electrons. The number of hydrogen-bond donors (Lipinski definition) is 0. The fourth-order valence-corrected chi connectivity index (χ4v) is 3.74. The van der Waals surface area contributed by atoms with E-state index in [1.54, 1.807) is 0 Å². The van der Waals surface area contributed by atoms with E-state index in [1.165, 1.54) is 64.2 Å². The highest BCUT2D eigenvalue weighted by Gasteiger charge is 2.44. The van der Waals surface area contributed by atoms with Crippen LogP contribution >= 0.6 is 0 Å². The van der Waals surface area contributed by atoms with Crippen LogP contribution in [-0.2, 0) is 14.3 Å². The Balaban J connectivity index is 2.09. The van der Waals surface area contributed by atoms with Crippen molar-refractivity contribution in [2.45, 2.75) is 97.8 Å². The smallest absolute Gasteiger partial charge is 0.317 e. The van der Waals surface area contributed by atoms with Crippen molar-refractivity contribution in [2.24, 2.45) is 17.8 Å². The Labute approximate surface area is 142 Å². The van der Waals surface area contributed by atoms with Crippen LogP contribution in [0.4, 0.5) is 0 Å². The molecule has 3 unspecified atom stereocenters. The minimum absolute atomic E-state index is 0.203. The van der Waals surface area contributed by atoms with E-state index in [0.29, 0.717) is 5.92 Å². The lowest BCUT2D eigenvalue weighted by molar-refractivity contribution is -0.154. The van der Waals surface area contributed by atoms with E-state index in [1.807, 2.05) is 6.92 Å². The first-order valence-electron chi connectivity index (χ1n) is 9.87. The summed E-state index contributed by atoms with van der Waals surface area (Å²) >= 11 is 0. The van der Waals surface area contributed by atoms with Crippen LogP contribution in [0.2, 0.25) is 0 Å². The highest BCUT2D eigenvalue weighted by atomic mass is 16.6. The van der Waals surface area contributed by atoms with E-state index in [4.69, 9.17) is 4.74 Å². The number of hydrogen-bond acceptors (Lipinski definition) is 3. The molecule has 0 aromatic heterocycles. The van der Waals surface area contributed by atoms with Gasteiger partial charge in [0, 0.05) is 0 Å². The average molecular weight is 325 g/mol. The molecule has 3 nitrogen and oxygen atoms in total. The number of esters is 2. The van der Waals surface area contributed by atoms with E-state index in [-0.39, 0.29) is 23.8 Å². The third-order valence-corrected chi connectivity index (χ3v) is 5.34. The Bertz CT molecular complexity index is 351. The molecule has 1 heterocycles. The topological polar surface area (TPSA) is 43.4 Å². The van der Waals surface area contributed by atoms with Crippen molar-refractivity contribution in [3.05, 3.63) is 0 Å². The van der Waals surface area contributed by atoms with Gasteiger partial charge in [-0.2, -0.15) is 0 Å². The van der Waals surface area contributed by atoms with Crippen LogP contribution in [0.25, 0.3) is 0 Å². The van der Waals surface area contributed by atoms with Crippen molar-refractivity contribution in [1.82, 2.24) is 0 Å². The Morgan fingerprint density at radius 1 is 0.826 bits per heavy atom. The minimum Gasteiger partial charge on any atom is -0.393 e. The van der Waals surface area contributed by atoms with Crippen LogP contribution in [-0.4, -0.2) is 11.9 Å². The van der Waals surface area contributed by atoms with Crippen LogP contribution in [0.3, 0.4) is 0 Å². The molecule has 1 aliphatic rings. The SMILES string of the molecule is CCCCCCCCCCCCC(CC)C1C(=O)OC(=O)C1C. The summed E-state index contributed by atoms with van der Waals surface area (Å²) in [7, 11) is 0. The number of rotatable bonds is 13. The minimum atomic E-state index is -0.332. The molecule has 0 amide bonds. The zero-order valence-corrected chi connectivity index (χ0v) is 15.4. The van der Waals surface area contributed by atoms with Gasteiger partial charge in [-0.05, 0) is 12.3 Å². The van der Waals surface area contributed by atoms with Crippen LogP contribution in [0, 0.1) is 17.8 Å². The summed E-state index contributed by atoms with van der Waals surface area (Å²) in [4.78, 5) is 23.3. The number of cyclic esters (lactones) is 2. The summed E-state index contributed by atoms with van der Waals surface area (Å²) in [6.07, 6.45) is 15.3. The fraction of sp³-hybridized carbons (Fsp3) is 0.900. The Hall–Kier alpha value is -0.860. The molecular weight excluding hydrogens is 288 g/mol. The summed E-state index contributed by atoms with van der Waals surface area (Å²) in [5, 5.41) is 0. The summed E-state index contributed by atoms with van der Waals surface area (Å²) in [6.45, 7) is 6.20. The Kier molecular flexibility index (Phi) is 10.2. The quantitative estimate of drug-likeness (QED) is 0.249. The van der Waals surface area contributed by atoms with Gasteiger partial charge in [-0.1, -0.05) is 91.4 Å². The van der Waals surface area contributed by atoms with Crippen LogP contribution in [0.15, 0.2) is 0 Å². The van der Waals surface area contributed by atoms with Gasteiger partial charge in [-0.15, -0.1) is 0 Å². The van der Waals surface area contributed by atoms with E-state index in [9.17, 15) is 9.59 Å². The van der Waals surface area contributed by atoms with Gasteiger partial charge in [0.05, 0.1) is 11.8 Å². The highest BCUT2D eigenvalue weighted by Crippen LogP contribution is 2.34. The second-order valence-electron chi connectivity index (χ2n) is 7.19. The van der Waals surface area contributed by atoms with Crippen molar-refractivity contribution in [3.8, 4) is 0 Å². The lowest BCUT2D eigenvalue weighted by Gasteiger charge is -2.21. The van der Waals surface area contributed by atoms with Crippen LogP contribution in [0.1, 0.15) is 97.8 Å². The zero-order chi connectivity index (χ0) is 17.1. The molecule has 1 rings (SSSR count). The molecule has 0 aliphatic carbocycles. The van der Waals surface area contributed by atoms with Gasteiger partial charge < -0.3 is 4.74 Å². The number of carbonyl (C=O) groups is 2. The first-order valence-corrected chi connectivity index (χ1v) is 9.87. The molecule has 1 saturated heterocycles. The van der Waals surface area contributed by atoms with Gasteiger partial charge in [0.15, 0.2) is 0 Å². The predicted molar refractivity (Wildman–Crippen MR) is 94.0 cm³/mol. The number of carbonyl (C=O) groups excluding carboxylic acids is 2. The van der Waals surface area contributed by atoms with Gasteiger partial charge in [0.1, 0.15) is 0 Å². The van der Waals surface area contributed by atoms with E-state index >= 15 is 0 Å². The second-order valence-corrected chi connectivity index (χ2v) is 7.19. The van der Waals surface area contributed by atoms with Gasteiger partial charge in [0.25, 0.3) is 0 Å². The summed E-state index contributed by atoms with van der Waals surface area (Å²) < 4.78 is 4.79. The molecule has 1 aliphatic heterocycles. The molecule has 0 bridgehead atoms. The van der Waals surface area contributed by atoms with E-state index in [0.717, 1.165) is 12.8 Å². The van der Waals surface area contributed by atoms with Crippen LogP contribution < -0.4 is 0 Å². The molecule has 1 fully saturated rings. The first-order chi connectivity index (χ1) is 11.1. The third-order valence-electron chi connectivity index (χ3n) is 5.34. The molecule has 0 radical (unpaired) electrons. The number of unbranched alkanes of at least 4 members (excludes halogenated alkanes) is 9. The molecule has 0 aromatic rings. The van der Waals surface area contributed by atoms with Crippen molar-refractivity contribution < 1.29 is 14.3 Å². The molecule has 0 saturated carbocycles.